The molecule has 7 nitrogen and oxygen atoms in total. The van der Waals surface area contributed by atoms with Gasteiger partial charge in [-0.15, -0.1) is 0 Å². The number of nitrogens with one attached hydrogen (secondary N) is 2. The van der Waals surface area contributed by atoms with Gasteiger partial charge in [-0.3, -0.25) is 14.5 Å². The van der Waals surface area contributed by atoms with Crippen LogP contribution in [0.1, 0.15) is 5.69 Å². The summed E-state index contributed by atoms with van der Waals surface area (Å²) in [7, 11) is -2.23. The Labute approximate surface area is 135 Å². The fourth-order valence-corrected chi connectivity index (χ4v) is 2.89. The van der Waals surface area contributed by atoms with Gasteiger partial charge in [0.05, 0.1) is 22.5 Å². The molecular weight excluding hydrogens is 349 g/mol. The van der Waals surface area contributed by atoms with Gasteiger partial charge >= 0.3 is 5.69 Å². The summed E-state index contributed by atoms with van der Waals surface area (Å²) >= 11 is 5.82. The van der Waals surface area contributed by atoms with Crippen LogP contribution >= 0.6 is 11.6 Å². The molecule has 10 heteroatoms. The van der Waals surface area contributed by atoms with Crippen molar-refractivity contribution in [1.29, 1.82) is 0 Å². The van der Waals surface area contributed by atoms with E-state index in [1.54, 1.807) is 0 Å². The van der Waals surface area contributed by atoms with Gasteiger partial charge in [0.25, 0.3) is 5.56 Å². The molecule has 2 aromatic rings. The van der Waals surface area contributed by atoms with Crippen LogP contribution in [0.25, 0.3) is 11.1 Å². The lowest BCUT2D eigenvalue weighted by atomic mass is 10.0. The number of sulfonamides is 1. The summed E-state index contributed by atoms with van der Waals surface area (Å²) in [5.74, 6) is -0.818. The highest BCUT2D eigenvalue weighted by Crippen LogP contribution is 2.31. The average molecular weight is 362 g/mol. The Kier molecular flexibility index (Phi) is 4.36. The van der Waals surface area contributed by atoms with Gasteiger partial charge in [0.15, 0.2) is 0 Å². The van der Waals surface area contributed by atoms with E-state index < -0.39 is 27.1 Å². The van der Waals surface area contributed by atoms with Gasteiger partial charge in [-0.05, 0) is 19.1 Å². The first-order chi connectivity index (χ1) is 10.5. The highest BCUT2D eigenvalue weighted by atomic mass is 35.5. The summed E-state index contributed by atoms with van der Waals surface area (Å²) in [6, 6.07) is 2.01. The van der Waals surface area contributed by atoms with E-state index in [1.165, 1.54) is 14.0 Å². The Balaban J connectivity index is 2.80. The van der Waals surface area contributed by atoms with Crippen molar-refractivity contribution in [2.24, 2.45) is 7.05 Å². The van der Waals surface area contributed by atoms with Crippen LogP contribution in [0.2, 0.25) is 5.02 Å². The zero-order valence-corrected chi connectivity index (χ0v) is 14.0. The molecular formula is C13H13ClFN3O4S. The van der Waals surface area contributed by atoms with Gasteiger partial charge in [0.1, 0.15) is 5.82 Å². The van der Waals surface area contributed by atoms with Gasteiger partial charge in [-0.1, -0.05) is 11.6 Å². The third-order valence-corrected chi connectivity index (χ3v) is 4.14. The zero-order valence-electron chi connectivity index (χ0n) is 12.4. The minimum absolute atomic E-state index is 0.0711. The standard InChI is InChI=1S/C13H13ClFN3O4S/c1-6-11(12(19)16-13(20)18(6)2)7-4-10(17-23(3,21)22)8(14)5-9(7)15/h4-5,17H,1-3H3,(H,16,19,20). The van der Waals surface area contributed by atoms with Crippen molar-refractivity contribution in [2.75, 3.05) is 11.0 Å². The zero-order chi connectivity index (χ0) is 17.5. The summed E-state index contributed by atoms with van der Waals surface area (Å²) in [5.41, 5.74) is -1.52. The maximum atomic E-state index is 14.2. The Morgan fingerprint density at radius 1 is 1.30 bits per heavy atom. The summed E-state index contributed by atoms with van der Waals surface area (Å²) in [4.78, 5) is 25.6. The highest BCUT2D eigenvalue weighted by Gasteiger charge is 2.18. The molecule has 0 aliphatic heterocycles. The van der Waals surface area contributed by atoms with Gasteiger partial charge < -0.3 is 4.57 Å². The van der Waals surface area contributed by atoms with Crippen LogP contribution in [-0.4, -0.2) is 24.2 Å². The minimum Gasteiger partial charge on any atom is -0.300 e. The van der Waals surface area contributed by atoms with Crippen LogP contribution in [0.15, 0.2) is 21.7 Å². The van der Waals surface area contributed by atoms with Crippen molar-refractivity contribution in [3.63, 3.8) is 0 Å². The second kappa shape index (κ2) is 5.82. The third-order valence-electron chi connectivity index (χ3n) is 3.24. The predicted octanol–water partition coefficient (Wildman–Crippen LogP) is 1.21. The van der Waals surface area contributed by atoms with Crippen LogP contribution in [-0.2, 0) is 17.1 Å². The molecule has 0 aliphatic carbocycles. The van der Waals surface area contributed by atoms with Crippen LogP contribution in [0.5, 0.6) is 0 Å². The van der Waals surface area contributed by atoms with Gasteiger partial charge in [-0.25, -0.2) is 17.6 Å². The minimum atomic E-state index is -3.64. The number of anilines is 1. The Hall–Kier alpha value is -2.13. The maximum absolute atomic E-state index is 14.2. The van der Waals surface area contributed by atoms with Crippen LogP contribution < -0.4 is 16.0 Å². The topological polar surface area (TPSA) is 101 Å². The monoisotopic (exact) mass is 361 g/mol. The Morgan fingerprint density at radius 2 is 1.91 bits per heavy atom. The molecule has 0 amide bonds. The molecule has 2 N–H and O–H groups in total. The van der Waals surface area contributed by atoms with Crippen molar-refractivity contribution in [1.82, 2.24) is 9.55 Å². The number of aromatic amines is 1. The lowest BCUT2D eigenvalue weighted by Crippen LogP contribution is -2.31. The van der Waals surface area contributed by atoms with Crippen molar-refractivity contribution in [2.45, 2.75) is 6.92 Å². The quantitative estimate of drug-likeness (QED) is 0.858. The van der Waals surface area contributed by atoms with E-state index >= 15 is 0 Å². The summed E-state index contributed by atoms with van der Waals surface area (Å²) in [6.45, 7) is 1.48. The molecule has 1 heterocycles. The van der Waals surface area contributed by atoms with Crippen molar-refractivity contribution in [3.05, 3.63) is 49.5 Å². The number of hydrogen-bond acceptors (Lipinski definition) is 4. The van der Waals surface area contributed by atoms with E-state index in [4.69, 9.17) is 11.6 Å². The SMILES string of the molecule is Cc1c(-c2cc(NS(C)(=O)=O)c(Cl)cc2F)c(=O)[nH]c(=O)n1C. The number of nitrogens with zero attached hydrogens (tertiary/aromatic N) is 1. The molecule has 1 aromatic carbocycles. The molecule has 0 radical (unpaired) electrons. The van der Waals surface area contributed by atoms with Crippen LogP contribution in [0.3, 0.4) is 0 Å². The predicted molar refractivity (Wildman–Crippen MR) is 85.9 cm³/mol. The molecule has 1 aromatic heterocycles. The molecule has 0 unspecified atom stereocenters. The molecule has 0 saturated carbocycles. The number of aromatic nitrogens is 2. The molecule has 0 spiro atoms. The first-order valence-electron chi connectivity index (χ1n) is 6.28. The molecule has 124 valence electrons. The van der Waals surface area contributed by atoms with Crippen molar-refractivity contribution in [3.8, 4) is 11.1 Å². The van der Waals surface area contributed by atoms with E-state index in [1.807, 2.05) is 0 Å². The van der Waals surface area contributed by atoms with Gasteiger partial charge in [0, 0.05) is 18.3 Å². The van der Waals surface area contributed by atoms with Crippen molar-refractivity contribution < 1.29 is 12.8 Å². The van der Waals surface area contributed by atoms with E-state index in [0.29, 0.717) is 0 Å². The molecule has 0 fully saturated rings. The molecule has 0 bridgehead atoms. The van der Waals surface area contributed by atoms with Crippen molar-refractivity contribution >= 4 is 27.3 Å². The largest absolute Gasteiger partial charge is 0.328 e. The lowest BCUT2D eigenvalue weighted by molar-refractivity contribution is 0.606. The smallest absolute Gasteiger partial charge is 0.300 e. The van der Waals surface area contributed by atoms with E-state index in [-0.39, 0.29) is 27.5 Å². The molecule has 23 heavy (non-hydrogen) atoms. The Morgan fingerprint density at radius 3 is 2.48 bits per heavy atom. The van der Waals surface area contributed by atoms with E-state index in [9.17, 15) is 22.4 Å². The van der Waals surface area contributed by atoms with E-state index in [2.05, 4.69) is 9.71 Å². The average Bonchev–Trinajstić information content (AvgIpc) is 2.39. The number of hydrogen-bond donors (Lipinski definition) is 2. The second-order valence-corrected chi connectivity index (χ2v) is 7.12. The number of halogens is 2. The van der Waals surface area contributed by atoms with E-state index in [0.717, 1.165) is 23.0 Å². The number of rotatable bonds is 3. The maximum Gasteiger partial charge on any atom is 0.328 e. The highest BCUT2D eigenvalue weighted by molar-refractivity contribution is 7.92. The molecule has 0 aliphatic rings. The fourth-order valence-electron chi connectivity index (χ4n) is 2.06. The van der Waals surface area contributed by atoms with Crippen LogP contribution in [0.4, 0.5) is 10.1 Å². The third kappa shape index (κ3) is 3.45. The fraction of sp³-hybridized carbons (Fsp3) is 0.231. The summed E-state index contributed by atoms with van der Waals surface area (Å²) in [5, 5.41) is -0.157. The normalized spacial score (nSPS) is 11.5. The second-order valence-electron chi connectivity index (χ2n) is 4.96. The molecule has 0 atom stereocenters. The Bertz CT molecular complexity index is 1010. The summed E-state index contributed by atoms with van der Waals surface area (Å²) < 4.78 is 40.2. The molecule has 2 rings (SSSR count). The molecule has 0 saturated heterocycles. The first kappa shape index (κ1) is 17.2. The summed E-state index contributed by atoms with van der Waals surface area (Å²) in [6.07, 6.45) is 0.913. The van der Waals surface area contributed by atoms with Gasteiger partial charge in [0.2, 0.25) is 10.0 Å². The number of H-pyrrole nitrogens is 1. The van der Waals surface area contributed by atoms with Gasteiger partial charge in [-0.2, -0.15) is 0 Å². The number of benzene rings is 1. The lowest BCUT2D eigenvalue weighted by Gasteiger charge is -2.13. The first-order valence-corrected chi connectivity index (χ1v) is 8.55. The van der Waals surface area contributed by atoms with Crippen LogP contribution in [0, 0.1) is 12.7 Å².